The number of aryl methyl sites for hydroxylation is 1. The van der Waals surface area contributed by atoms with Crippen LogP contribution in [0.1, 0.15) is 28.3 Å². The molecule has 0 spiro atoms. The van der Waals surface area contributed by atoms with Gasteiger partial charge in [0, 0.05) is 5.56 Å². The highest BCUT2D eigenvalue weighted by Crippen LogP contribution is 2.39. The molecular formula is C18H21NO2. The zero-order valence-corrected chi connectivity index (χ0v) is 12.8. The Hall–Kier alpha value is -2.00. The van der Waals surface area contributed by atoms with E-state index in [0.29, 0.717) is 13.2 Å². The molecule has 1 aliphatic heterocycles. The molecule has 1 heterocycles. The van der Waals surface area contributed by atoms with Gasteiger partial charge in [0.2, 0.25) is 0 Å². The number of hydrogen-bond acceptors (Lipinski definition) is 3. The molecule has 21 heavy (non-hydrogen) atoms. The largest absolute Gasteiger partial charge is 0.486 e. The van der Waals surface area contributed by atoms with Crippen LogP contribution in [0.15, 0.2) is 36.4 Å². The molecule has 0 saturated carbocycles. The summed E-state index contributed by atoms with van der Waals surface area (Å²) in [6.07, 6.45) is 0. The fourth-order valence-electron chi connectivity index (χ4n) is 2.89. The van der Waals surface area contributed by atoms with Crippen molar-refractivity contribution in [3.8, 4) is 11.5 Å². The van der Waals surface area contributed by atoms with Crippen LogP contribution in [0.25, 0.3) is 0 Å². The molecule has 3 nitrogen and oxygen atoms in total. The summed E-state index contributed by atoms with van der Waals surface area (Å²) in [6.45, 7) is 5.53. The van der Waals surface area contributed by atoms with Gasteiger partial charge in [-0.3, -0.25) is 0 Å². The first kappa shape index (κ1) is 14.0. The molecule has 0 bridgehead atoms. The lowest BCUT2D eigenvalue weighted by Crippen LogP contribution is -2.23. The van der Waals surface area contributed by atoms with E-state index >= 15 is 0 Å². The number of para-hydroxylation sites is 1. The molecule has 0 saturated heterocycles. The second-order valence-electron chi connectivity index (χ2n) is 5.38. The van der Waals surface area contributed by atoms with Crippen molar-refractivity contribution in [2.45, 2.75) is 19.9 Å². The van der Waals surface area contributed by atoms with Crippen LogP contribution in [0, 0.1) is 13.8 Å². The van der Waals surface area contributed by atoms with Gasteiger partial charge in [0.15, 0.2) is 11.5 Å². The molecule has 1 N–H and O–H groups in total. The van der Waals surface area contributed by atoms with Crippen molar-refractivity contribution in [1.29, 1.82) is 0 Å². The average molecular weight is 283 g/mol. The van der Waals surface area contributed by atoms with Gasteiger partial charge < -0.3 is 14.8 Å². The maximum Gasteiger partial charge on any atom is 0.166 e. The van der Waals surface area contributed by atoms with Crippen LogP contribution in [0.5, 0.6) is 11.5 Å². The van der Waals surface area contributed by atoms with Gasteiger partial charge in [-0.2, -0.15) is 0 Å². The summed E-state index contributed by atoms with van der Waals surface area (Å²) in [7, 11) is 1.98. The van der Waals surface area contributed by atoms with Gasteiger partial charge in [0.1, 0.15) is 13.2 Å². The quantitative estimate of drug-likeness (QED) is 0.936. The van der Waals surface area contributed by atoms with E-state index < -0.39 is 0 Å². The van der Waals surface area contributed by atoms with Crippen LogP contribution in [0.3, 0.4) is 0 Å². The first-order valence-corrected chi connectivity index (χ1v) is 7.34. The van der Waals surface area contributed by atoms with E-state index in [9.17, 15) is 0 Å². The summed E-state index contributed by atoms with van der Waals surface area (Å²) >= 11 is 0. The molecule has 0 aromatic heterocycles. The Morgan fingerprint density at radius 2 is 1.67 bits per heavy atom. The second-order valence-corrected chi connectivity index (χ2v) is 5.38. The van der Waals surface area contributed by atoms with Crippen molar-refractivity contribution >= 4 is 0 Å². The lowest BCUT2D eigenvalue weighted by atomic mass is 9.92. The molecule has 2 aromatic carbocycles. The molecule has 3 heteroatoms. The average Bonchev–Trinajstić information content (AvgIpc) is 2.52. The lowest BCUT2D eigenvalue weighted by Gasteiger charge is -2.26. The molecule has 0 aliphatic carbocycles. The Labute approximate surface area is 125 Å². The van der Waals surface area contributed by atoms with E-state index in [1.165, 1.54) is 16.7 Å². The Morgan fingerprint density at radius 1 is 0.952 bits per heavy atom. The van der Waals surface area contributed by atoms with Crippen LogP contribution in [-0.4, -0.2) is 20.3 Å². The number of nitrogens with one attached hydrogen (secondary N) is 1. The molecule has 0 fully saturated rings. The predicted octanol–water partition coefficient (Wildman–Crippen LogP) is 3.38. The number of fused-ring (bicyclic) bond motifs is 1. The second kappa shape index (κ2) is 5.78. The first-order chi connectivity index (χ1) is 10.2. The van der Waals surface area contributed by atoms with Crippen molar-refractivity contribution < 1.29 is 9.47 Å². The fraction of sp³-hybridized carbons (Fsp3) is 0.333. The van der Waals surface area contributed by atoms with E-state index in [1.54, 1.807) is 0 Å². The van der Waals surface area contributed by atoms with Gasteiger partial charge in [-0.15, -0.1) is 0 Å². The number of benzene rings is 2. The number of ether oxygens (including phenoxy) is 2. The molecular weight excluding hydrogens is 262 g/mol. The monoisotopic (exact) mass is 283 g/mol. The summed E-state index contributed by atoms with van der Waals surface area (Å²) in [4.78, 5) is 0. The lowest BCUT2D eigenvalue weighted by molar-refractivity contribution is 0.169. The van der Waals surface area contributed by atoms with Gasteiger partial charge in [0.25, 0.3) is 0 Å². The topological polar surface area (TPSA) is 30.5 Å². The molecule has 1 unspecified atom stereocenters. The number of rotatable bonds is 3. The van der Waals surface area contributed by atoms with Crippen molar-refractivity contribution in [3.63, 3.8) is 0 Å². The van der Waals surface area contributed by atoms with E-state index in [2.05, 4.69) is 43.4 Å². The van der Waals surface area contributed by atoms with E-state index in [4.69, 9.17) is 9.47 Å². The highest BCUT2D eigenvalue weighted by atomic mass is 16.6. The Balaban J connectivity index is 2.11. The molecule has 2 aromatic rings. The molecule has 1 aliphatic rings. The maximum absolute atomic E-state index is 5.86. The van der Waals surface area contributed by atoms with Crippen molar-refractivity contribution in [1.82, 2.24) is 5.32 Å². The summed E-state index contributed by atoms with van der Waals surface area (Å²) in [5, 5.41) is 3.42. The van der Waals surface area contributed by atoms with Gasteiger partial charge in [-0.1, -0.05) is 30.3 Å². The maximum atomic E-state index is 5.86. The molecule has 110 valence electrons. The van der Waals surface area contributed by atoms with E-state index in [1.807, 2.05) is 19.2 Å². The third-order valence-corrected chi connectivity index (χ3v) is 4.15. The van der Waals surface area contributed by atoms with Crippen LogP contribution in [0.2, 0.25) is 0 Å². The summed E-state index contributed by atoms with van der Waals surface area (Å²) in [5.74, 6) is 1.70. The third kappa shape index (κ3) is 2.49. The van der Waals surface area contributed by atoms with Crippen LogP contribution in [0.4, 0.5) is 0 Å². The number of hydrogen-bond donors (Lipinski definition) is 1. The minimum absolute atomic E-state index is 0.0987. The zero-order valence-electron chi connectivity index (χ0n) is 12.8. The van der Waals surface area contributed by atoms with E-state index in [-0.39, 0.29) is 6.04 Å². The smallest absolute Gasteiger partial charge is 0.166 e. The van der Waals surface area contributed by atoms with Gasteiger partial charge >= 0.3 is 0 Å². The SMILES string of the molecule is CNC(c1cccc(C)c1C)c1cccc2c1OCCO2. The van der Waals surface area contributed by atoms with Crippen molar-refractivity contribution in [2.24, 2.45) is 0 Å². The van der Waals surface area contributed by atoms with Crippen LogP contribution < -0.4 is 14.8 Å². The van der Waals surface area contributed by atoms with Gasteiger partial charge in [0.05, 0.1) is 6.04 Å². The fourth-order valence-corrected chi connectivity index (χ4v) is 2.89. The third-order valence-electron chi connectivity index (χ3n) is 4.15. The molecule has 1 atom stereocenters. The first-order valence-electron chi connectivity index (χ1n) is 7.34. The van der Waals surface area contributed by atoms with Gasteiger partial charge in [-0.25, -0.2) is 0 Å². The standard InChI is InChI=1S/C18H21NO2/c1-12-6-4-7-14(13(12)2)17(19-3)15-8-5-9-16-18(15)21-11-10-20-16/h4-9,17,19H,10-11H2,1-3H3. The minimum atomic E-state index is 0.0987. The summed E-state index contributed by atoms with van der Waals surface area (Å²) in [6, 6.07) is 12.6. The Kier molecular flexibility index (Phi) is 3.84. The molecule has 3 rings (SSSR count). The van der Waals surface area contributed by atoms with E-state index in [0.717, 1.165) is 17.1 Å². The molecule has 0 radical (unpaired) electrons. The van der Waals surface area contributed by atoms with Gasteiger partial charge in [-0.05, 0) is 43.7 Å². The Morgan fingerprint density at radius 3 is 2.48 bits per heavy atom. The summed E-state index contributed by atoms with van der Waals surface area (Å²) in [5.41, 5.74) is 5.02. The van der Waals surface area contributed by atoms with Crippen LogP contribution >= 0.6 is 0 Å². The molecule has 0 amide bonds. The zero-order chi connectivity index (χ0) is 14.8. The normalized spacial score (nSPS) is 14.8. The van der Waals surface area contributed by atoms with Crippen LogP contribution in [-0.2, 0) is 0 Å². The minimum Gasteiger partial charge on any atom is -0.486 e. The highest BCUT2D eigenvalue weighted by Gasteiger charge is 2.23. The van der Waals surface area contributed by atoms with Crippen molar-refractivity contribution in [3.05, 3.63) is 58.7 Å². The highest BCUT2D eigenvalue weighted by molar-refractivity contribution is 5.52. The van der Waals surface area contributed by atoms with Crippen molar-refractivity contribution in [2.75, 3.05) is 20.3 Å². The Bertz CT molecular complexity index is 652. The predicted molar refractivity (Wildman–Crippen MR) is 84.3 cm³/mol. The summed E-state index contributed by atoms with van der Waals surface area (Å²) < 4.78 is 11.6.